The Kier molecular flexibility index (Phi) is 4.58. The second kappa shape index (κ2) is 6.02. The van der Waals surface area contributed by atoms with E-state index in [4.69, 9.17) is 5.11 Å². The molecule has 0 aliphatic rings. The minimum absolute atomic E-state index is 0.124. The lowest BCUT2D eigenvalue weighted by molar-refractivity contribution is 0.0696. The van der Waals surface area contributed by atoms with Gasteiger partial charge < -0.3 is 10.4 Å². The van der Waals surface area contributed by atoms with Gasteiger partial charge in [0, 0.05) is 9.85 Å². The van der Waals surface area contributed by atoms with Crippen molar-refractivity contribution < 1.29 is 14.7 Å². The molecule has 0 spiro atoms. The van der Waals surface area contributed by atoms with Gasteiger partial charge in [0.15, 0.2) is 0 Å². The molecule has 4 nitrogen and oxygen atoms in total. The fraction of sp³-hybridized carbons (Fsp3) is 0. The Hall–Kier alpha value is -0.930. The van der Waals surface area contributed by atoms with Crippen LogP contribution < -0.4 is 5.32 Å². The molecule has 2 rings (SSSR count). The van der Waals surface area contributed by atoms with Crippen LogP contribution in [0.5, 0.6) is 0 Å². The third-order valence-electron chi connectivity index (χ3n) is 2.29. The number of benzene rings is 1. The molecular formula is C12H7BrINO3S. The lowest BCUT2D eigenvalue weighted by atomic mass is 10.2. The van der Waals surface area contributed by atoms with Crippen molar-refractivity contribution in [2.24, 2.45) is 0 Å². The van der Waals surface area contributed by atoms with Gasteiger partial charge in [-0.25, -0.2) is 4.79 Å². The minimum Gasteiger partial charge on any atom is -0.478 e. The molecule has 0 saturated heterocycles. The number of amides is 1. The van der Waals surface area contributed by atoms with E-state index in [1.54, 1.807) is 17.5 Å². The summed E-state index contributed by atoms with van der Waals surface area (Å²) in [6, 6.07) is 6.25. The van der Waals surface area contributed by atoms with Crippen LogP contribution in [0.25, 0.3) is 0 Å². The van der Waals surface area contributed by atoms with E-state index in [2.05, 4.69) is 43.8 Å². The largest absolute Gasteiger partial charge is 0.478 e. The van der Waals surface area contributed by atoms with Crippen LogP contribution >= 0.6 is 49.9 Å². The molecule has 19 heavy (non-hydrogen) atoms. The zero-order valence-electron chi connectivity index (χ0n) is 9.31. The first-order valence-corrected chi connectivity index (χ1v) is 7.81. The van der Waals surface area contributed by atoms with Gasteiger partial charge in [-0.15, -0.1) is 11.3 Å². The first kappa shape index (κ1) is 14.5. The highest BCUT2D eigenvalue weighted by atomic mass is 127. The number of hydrogen-bond donors (Lipinski definition) is 2. The number of carbonyl (C=O) groups is 2. The van der Waals surface area contributed by atoms with Gasteiger partial charge in [-0.2, -0.15) is 0 Å². The summed E-state index contributed by atoms with van der Waals surface area (Å²) in [5, 5.41) is 13.4. The van der Waals surface area contributed by atoms with Crippen molar-refractivity contribution in [1.82, 2.24) is 0 Å². The Labute approximate surface area is 135 Å². The smallest absolute Gasteiger partial charge is 0.335 e. The van der Waals surface area contributed by atoms with Crippen LogP contribution in [0.1, 0.15) is 20.7 Å². The predicted octanol–water partition coefficient (Wildman–Crippen LogP) is 4.07. The van der Waals surface area contributed by atoms with Crippen molar-refractivity contribution >= 4 is 67.4 Å². The summed E-state index contributed by atoms with van der Waals surface area (Å²) in [5.74, 6) is -1.30. The van der Waals surface area contributed by atoms with Gasteiger partial charge in [0.1, 0.15) is 0 Å². The maximum atomic E-state index is 12.0. The molecule has 98 valence electrons. The SMILES string of the molecule is O=C(O)c1ccc(Br)c(NC(=O)c2csc(I)c2)c1. The number of carboxylic acid groups (broad SMARTS) is 1. The van der Waals surface area contributed by atoms with E-state index in [1.807, 2.05) is 0 Å². The van der Waals surface area contributed by atoms with E-state index in [1.165, 1.54) is 23.5 Å². The second-order valence-electron chi connectivity index (χ2n) is 3.59. The highest BCUT2D eigenvalue weighted by Gasteiger charge is 2.12. The minimum atomic E-state index is -1.03. The monoisotopic (exact) mass is 451 g/mol. The van der Waals surface area contributed by atoms with Crippen molar-refractivity contribution in [3.63, 3.8) is 0 Å². The van der Waals surface area contributed by atoms with Crippen molar-refractivity contribution in [3.05, 3.63) is 48.1 Å². The Balaban J connectivity index is 2.25. The zero-order valence-corrected chi connectivity index (χ0v) is 13.9. The van der Waals surface area contributed by atoms with Crippen LogP contribution in [0.3, 0.4) is 0 Å². The first-order valence-electron chi connectivity index (χ1n) is 5.05. The molecule has 0 radical (unpaired) electrons. The second-order valence-corrected chi connectivity index (χ2v) is 7.25. The van der Waals surface area contributed by atoms with Crippen molar-refractivity contribution in [1.29, 1.82) is 0 Å². The van der Waals surface area contributed by atoms with E-state index in [9.17, 15) is 9.59 Å². The highest BCUT2D eigenvalue weighted by Crippen LogP contribution is 2.25. The molecule has 1 heterocycles. The van der Waals surface area contributed by atoms with Crippen molar-refractivity contribution in [2.45, 2.75) is 0 Å². The van der Waals surface area contributed by atoms with Crippen LogP contribution in [0.4, 0.5) is 5.69 Å². The van der Waals surface area contributed by atoms with Crippen LogP contribution in [0.15, 0.2) is 34.1 Å². The van der Waals surface area contributed by atoms with Gasteiger partial charge in [0.2, 0.25) is 0 Å². The predicted molar refractivity (Wildman–Crippen MR) is 86.1 cm³/mol. The summed E-state index contributed by atoms with van der Waals surface area (Å²) in [7, 11) is 0. The molecule has 1 aromatic carbocycles. The number of carboxylic acids is 1. The van der Waals surface area contributed by atoms with E-state index < -0.39 is 5.97 Å². The van der Waals surface area contributed by atoms with Gasteiger partial charge in [-0.1, -0.05) is 0 Å². The molecule has 0 saturated carbocycles. The van der Waals surface area contributed by atoms with Gasteiger partial charge in [0.05, 0.1) is 19.7 Å². The van der Waals surface area contributed by atoms with E-state index >= 15 is 0 Å². The molecule has 0 aliphatic heterocycles. The third-order valence-corrected chi connectivity index (χ3v) is 4.77. The van der Waals surface area contributed by atoms with Gasteiger partial charge >= 0.3 is 5.97 Å². The number of aromatic carboxylic acids is 1. The van der Waals surface area contributed by atoms with Crippen LogP contribution in [0.2, 0.25) is 0 Å². The fourth-order valence-corrected chi connectivity index (χ4v) is 3.05. The van der Waals surface area contributed by atoms with Crippen LogP contribution in [0, 0.1) is 2.88 Å². The molecule has 1 amide bonds. The number of anilines is 1. The van der Waals surface area contributed by atoms with Crippen LogP contribution in [-0.2, 0) is 0 Å². The average Bonchev–Trinajstić information content (AvgIpc) is 2.78. The summed E-state index contributed by atoms with van der Waals surface area (Å²) in [4.78, 5) is 22.9. The lowest BCUT2D eigenvalue weighted by Crippen LogP contribution is -2.12. The number of halogens is 2. The summed E-state index contributed by atoms with van der Waals surface area (Å²) < 4.78 is 1.65. The molecule has 2 aromatic rings. The Morgan fingerprint density at radius 2 is 2.00 bits per heavy atom. The molecule has 2 N–H and O–H groups in total. The summed E-state index contributed by atoms with van der Waals surface area (Å²) >= 11 is 6.89. The fourth-order valence-electron chi connectivity index (χ4n) is 1.38. The maximum Gasteiger partial charge on any atom is 0.335 e. The average molecular weight is 452 g/mol. The number of thiophene rings is 1. The summed E-state index contributed by atoms with van der Waals surface area (Å²) in [5.41, 5.74) is 1.12. The van der Waals surface area contributed by atoms with E-state index in [0.717, 1.165) is 2.88 Å². The molecule has 0 aliphatic carbocycles. The van der Waals surface area contributed by atoms with E-state index in [0.29, 0.717) is 15.7 Å². The molecule has 0 atom stereocenters. The topological polar surface area (TPSA) is 66.4 Å². The van der Waals surface area contributed by atoms with Crippen molar-refractivity contribution in [3.8, 4) is 0 Å². The normalized spacial score (nSPS) is 10.2. The zero-order chi connectivity index (χ0) is 14.0. The van der Waals surface area contributed by atoms with Gasteiger partial charge in [-0.3, -0.25) is 4.79 Å². The molecule has 0 fully saturated rings. The maximum absolute atomic E-state index is 12.0. The third kappa shape index (κ3) is 3.54. The Morgan fingerprint density at radius 3 is 2.58 bits per heavy atom. The lowest BCUT2D eigenvalue weighted by Gasteiger charge is -2.07. The quantitative estimate of drug-likeness (QED) is 0.691. The standard InChI is InChI=1S/C12H7BrINO3S/c13-8-2-1-6(12(17)18)3-9(8)15-11(16)7-4-10(14)19-5-7/h1-5H,(H,15,16)(H,17,18). The highest BCUT2D eigenvalue weighted by molar-refractivity contribution is 14.1. The van der Waals surface area contributed by atoms with Gasteiger partial charge in [0.25, 0.3) is 5.91 Å². The molecule has 0 unspecified atom stereocenters. The molecule has 0 bridgehead atoms. The number of nitrogens with one attached hydrogen (secondary N) is 1. The van der Waals surface area contributed by atoms with Gasteiger partial charge in [-0.05, 0) is 62.8 Å². The Morgan fingerprint density at radius 1 is 1.26 bits per heavy atom. The molecular weight excluding hydrogens is 445 g/mol. The number of carbonyl (C=O) groups excluding carboxylic acids is 1. The first-order chi connectivity index (χ1) is 8.97. The molecule has 1 aromatic heterocycles. The summed E-state index contributed by atoms with van der Waals surface area (Å²) in [6.45, 7) is 0. The number of rotatable bonds is 3. The molecule has 7 heteroatoms. The van der Waals surface area contributed by atoms with Crippen LogP contribution in [-0.4, -0.2) is 17.0 Å². The van der Waals surface area contributed by atoms with Crippen molar-refractivity contribution in [2.75, 3.05) is 5.32 Å². The number of hydrogen-bond acceptors (Lipinski definition) is 3. The Bertz CT molecular complexity index is 656. The van der Waals surface area contributed by atoms with E-state index in [-0.39, 0.29) is 11.5 Å². The summed E-state index contributed by atoms with van der Waals surface area (Å²) in [6.07, 6.45) is 0.